The second kappa shape index (κ2) is 5.52. The van der Waals surface area contributed by atoms with Crippen molar-refractivity contribution in [3.05, 3.63) is 58.9 Å². The van der Waals surface area contributed by atoms with Gasteiger partial charge < -0.3 is 19.8 Å². The lowest BCUT2D eigenvalue weighted by molar-refractivity contribution is 0.248. The molecule has 1 atom stereocenters. The topological polar surface area (TPSA) is 81.0 Å². The number of hydrogen-bond acceptors (Lipinski definition) is 3. The third-order valence-electron chi connectivity index (χ3n) is 4.41. The maximum absolute atomic E-state index is 12.3. The molecule has 122 valence electrons. The first-order valence-electron chi connectivity index (χ1n) is 7.80. The Balaban J connectivity index is 1.53. The molecule has 2 amide bonds. The van der Waals surface area contributed by atoms with Crippen LogP contribution in [0.2, 0.25) is 0 Å². The van der Waals surface area contributed by atoms with Crippen LogP contribution in [0.3, 0.4) is 0 Å². The second-order valence-corrected chi connectivity index (χ2v) is 5.92. The molecule has 0 aliphatic carbocycles. The van der Waals surface area contributed by atoms with Gasteiger partial charge in [0.05, 0.1) is 11.6 Å². The van der Waals surface area contributed by atoms with Crippen LogP contribution in [-0.2, 0) is 13.6 Å². The first-order chi connectivity index (χ1) is 11.6. The van der Waals surface area contributed by atoms with Crippen molar-refractivity contribution < 1.29 is 4.79 Å². The van der Waals surface area contributed by atoms with Gasteiger partial charge in [0.2, 0.25) is 0 Å². The predicted molar refractivity (Wildman–Crippen MR) is 90.9 cm³/mol. The lowest BCUT2D eigenvalue weighted by Gasteiger charge is -2.13. The fourth-order valence-electron chi connectivity index (χ4n) is 3.12. The van der Waals surface area contributed by atoms with E-state index in [0.29, 0.717) is 5.69 Å². The fourth-order valence-corrected chi connectivity index (χ4v) is 3.12. The maximum Gasteiger partial charge on any atom is 0.319 e. The predicted octanol–water partition coefficient (Wildman–Crippen LogP) is 2.00. The summed E-state index contributed by atoms with van der Waals surface area (Å²) in [7, 11) is 1.72. The van der Waals surface area contributed by atoms with Crippen molar-refractivity contribution in [2.24, 2.45) is 7.05 Å². The molecular weight excluding hydrogens is 306 g/mol. The van der Waals surface area contributed by atoms with Gasteiger partial charge in [0, 0.05) is 37.7 Å². The molecule has 0 saturated heterocycles. The molecule has 2 aromatic heterocycles. The van der Waals surface area contributed by atoms with Gasteiger partial charge >= 0.3 is 6.03 Å². The van der Waals surface area contributed by atoms with Gasteiger partial charge in [0.25, 0.3) is 5.56 Å². The first kappa shape index (κ1) is 14.5. The quantitative estimate of drug-likeness (QED) is 0.757. The number of benzene rings is 1. The highest BCUT2D eigenvalue weighted by Gasteiger charge is 2.24. The monoisotopic (exact) mass is 323 g/mol. The molecule has 0 saturated carbocycles. The molecule has 4 rings (SSSR count). The number of aromatic nitrogens is 3. The zero-order valence-corrected chi connectivity index (χ0v) is 13.2. The van der Waals surface area contributed by atoms with Crippen molar-refractivity contribution >= 4 is 22.6 Å². The Hall–Kier alpha value is -3.09. The van der Waals surface area contributed by atoms with Crippen molar-refractivity contribution in [3.63, 3.8) is 0 Å². The van der Waals surface area contributed by atoms with Gasteiger partial charge in [-0.25, -0.2) is 9.78 Å². The van der Waals surface area contributed by atoms with E-state index in [-0.39, 0.29) is 17.6 Å². The minimum Gasteiger partial charge on any atom is -0.333 e. The minimum atomic E-state index is -0.281. The highest BCUT2D eigenvalue weighted by molar-refractivity contribution is 5.92. The molecule has 24 heavy (non-hydrogen) atoms. The van der Waals surface area contributed by atoms with E-state index in [4.69, 9.17) is 0 Å². The number of carbonyl (C=O) groups is 1. The molecule has 0 bridgehead atoms. The van der Waals surface area contributed by atoms with Crippen molar-refractivity contribution in [2.45, 2.75) is 19.0 Å². The zero-order valence-electron chi connectivity index (χ0n) is 13.2. The SMILES string of the molecule is Cn1c(=O)ccc2ccc(NC(=O)NC3CCn4ccnc43)cc21. The number of carbonyl (C=O) groups excluding carboxylic acids is 1. The first-order valence-corrected chi connectivity index (χ1v) is 7.80. The average Bonchev–Trinajstić information content (AvgIpc) is 3.17. The number of anilines is 1. The molecule has 1 aliphatic heterocycles. The summed E-state index contributed by atoms with van der Waals surface area (Å²) in [5, 5.41) is 6.72. The van der Waals surface area contributed by atoms with Crippen LogP contribution in [0.1, 0.15) is 18.3 Å². The summed E-state index contributed by atoms with van der Waals surface area (Å²) in [4.78, 5) is 28.3. The van der Waals surface area contributed by atoms with E-state index in [0.717, 1.165) is 29.7 Å². The molecule has 3 heterocycles. The third-order valence-corrected chi connectivity index (χ3v) is 4.41. The Morgan fingerprint density at radius 2 is 2.12 bits per heavy atom. The van der Waals surface area contributed by atoms with Crippen LogP contribution < -0.4 is 16.2 Å². The largest absolute Gasteiger partial charge is 0.333 e. The van der Waals surface area contributed by atoms with E-state index in [1.807, 2.05) is 22.9 Å². The average molecular weight is 323 g/mol. The van der Waals surface area contributed by atoms with Gasteiger partial charge in [0.1, 0.15) is 5.82 Å². The number of imidazole rings is 1. The third kappa shape index (κ3) is 2.44. The molecule has 7 nitrogen and oxygen atoms in total. The minimum absolute atomic E-state index is 0.0789. The van der Waals surface area contributed by atoms with E-state index in [1.165, 1.54) is 6.07 Å². The molecule has 7 heteroatoms. The molecular formula is C17H17N5O2. The molecule has 1 aromatic carbocycles. The summed E-state index contributed by atoms with van der Waals surface area (Å²) < 4.78 is 3.60. The van der Waals surface area contributed by atoms with E-state index in [9.17, 15) is 9.59 Å². The van der Waals surface area contributed by atoms with E-state index < -0.39 is 0 Å². The van der Waals surface area contributed by atoms with Crippen LogP contribution in [0.5, 0.6) is 0 Å². The van der Waals surface area contributed by atoms with Crippen LogP contribution in [0.25, 0.3) is 10.9 Å². The summed E-state index contributed by atoms with van der Waals surface area (Å²) >= 11 is 0. The molecule has 3 aromatic rings. The number of urea groups is 1. The summed E-state index contributed by atoms with van der Waals surface area (Å²) in [5.74, 6) is 0.881. The number of nitrogens with zero attached hydrogens (tertiary/aromatic N) is 3. The van der Waals surface area contributed by atoms with Crippen LogP contribution in [0, 0.1) is 0 Å². The van der Waals surface area contributed by atoms with Gasteiger partial charge in [-0.05, 0) is 30.0 Å². The standard InChI is InChI=1S/C17H17N5O2/c1-21-14-10-12(4-2-11(14)3-5-15(21)23)19-17(24)20-13-6-8-22-9-7-18-16(13)22/h2-5,7,9-10,13H,6,8H2,1H3,(H2,19,20,24). The molecule has 0 radical (unpaired) electrons. The van der Waals surface area contributed by atoms with Gasteiger partial charge in [-0.15, -0.1) is 0 Å². The number of fused-ring (bicyclic) bond motifs is 2. The van der Waals surface area contributed by atoms with E-state index in [2.05, 4.69) is 15.6 Å². The summed E-state index contributed by atoms with van der Waals surface area (Å²) in [6.07, 6.45) is 4.49. The van der Waals surface area contributed by atoms with Crippen LogP contribution in [0.15, 0.2) is 47.5 Å². The lowest BCUT2D eigenvalue weighted by Crippen LogP contribution is -2.31. The van der Waals surface area contributed by atoms with Crippen molar-refractivity contribution in [1.82, 2.24) is 19.4 Å². The number of rotatable bonds is 2. The Morgan fingerprint density at radius 3 is 3.00 bits per heavy atom. The number of hydrogen-bond donors (Lipinski definition) is 2. The molecule has 0 spiro atoms. The van der Waals surface area contributed by atoms with Gasteiger partial charge in [-0.3, -0.25) is 4.79 Å². The number of pyridine rings is 1. The van der Waals surface area contributed by atoms with Gasteiger partial charge in [0.15, 0.2) is 0 Å². The second-order valence-electron chi connectivity index (χ2n) is 5.92. The smallest absolute Gasteiger partial charge is 0.319 e. The van der Waals surface area contributed by atoms with Crippen LogP contribution in [-0.4, -0.2) is 20.1 Å². The highest BCUT2D eigenvalue weighted by Crippen LogP contribution is 2.24. The van der Waals surface area contributed by atoms with Crippen molar-refractivity contribution in [1.29, 1.82) is 0 Å². The summed E-state index contributed by atoms with van der Waals surface area (Å²) in [6.45, 7) is 0.859. The lowest BCUT2D eigenvalue weighted by atomic mass is 10.2. The molecule has 1 aliphatic rings. The number of aryl methyl sites for hydroxylation is 2. The van der Waals surface area contributed by atoms with Crippen molar-refractivity contribution in [3.8, 4) is 0 Å². The van der Waals surface area contributed by atoms with E-state index >= 15 is 0 Å². The normalized spacial score (nSPS) is 16.1. The molecule has 2 N–H and O–H groups in total. The number of amides is 2. The summed E-state index contributed by atoms with van der Waals surface area (Å²) in [6, 6.07) is 8.45. The highest BCUT2D eigenvalue weighted by atomic mass is 16.2. The number of nitrogens with one attached hydrogen (secondary N) is 2. The Kier molecular flexibility index (Phi) is 3.34. The Labute approximate surface area is 137 Å². The van der Waals surface area contributed by atoms with Crippen LogP contribution in [0.4, 0.5) is 10.5 Å². The van der Waals surface area contributed by atoms with E-state index in [1.54, 1.807) is 29.9 Å². The zero-order chi connectivity index (χ0) is 16.7. The maximum atomic E-state index is 12.3. The fraction of sp³-hybridized carbons (Fsp3) is 0.235. The Bertz CT molecular complexity index is 988. The van der Waals surface area contributed by atoms with Gasteiger partial charge in [-0.2, -0.15) is 0 Å². The molecule has 1 unspecified atom stereocenters. The summed E-state index contributed by atoms with van der Waals surface area (Å²) in [5.41, 5.74) is 1.33. The Morgan fingerprint density at radius 1 is 1.29 bits per heavy atom. The molecule has 0 fully saturated rings. The van der Waals surface area contributed by atoms with Gasteiger partial charge in [-0.1, -0.05) is 6.07 Å². The van der Waals surface area contributed by atoms with Crippen molar-refractivity contribution in [2.75, 3.05) is 5.32 Å². The van der Waals surface area contributed by atoms with Crippen LogP contribution >= 0.6 is 0 Å².